The van der Waals surface area contributed by atoms with Gasteiger partial charge in [0.15, 0.2) is 5.82 Å². The van der Waals surface area contributed by atoms with Gasteiger partial charge in [0.1, 0.15) is 6.04 Å². The zero-order valence-corrected chi connectivity index (χ0v) is 16.2. The number of nitrogens with zero attached hydrogens (tertiary/aromatic N) is 3. The Morgan fingerprint density at radius 3 is 2.79 bits per heavy atom. The van der Waals surface area contributed by atoms with Gasteiger partial charge < -0.3 is 14.2 Å². The smallest absolute Gasteiger partial charge is 0.249 e. The first-order chi connectivity index (χ1) is 13.8. The number of carbonyl (C=O) groups excluding carboxylic acids is 1. The summed E-state index contributed by atoms with van der Waals surface area (Å²) in [6.07, 6.45) is 6.95. The minimum Gasteiger partial charge on any atom is -0.381 e. The van der Waals surface area contributed by atoms with E-state index >= 15 is 0 Å². The van der Waals surface area contributed by atoms with Crippen molar-refractivity contribution in [3.63, 3.8) is 0 Å². The summed E-state index contributed by atoms with van der Waals surface area (Å²) in [6, 6.07) is 10.1. The number of hydrogen-bond donors (Lipinski definition) is 0. The van der Waals surface area contributed by atoms with Crippen molar-refractivity contribution in [3.05, 3.63) is 47.6 Å². The van der Waals surface area contributed by atoms with Crippen LogP contribution in [0.4, 0.5) is 0 Å². The fourth-order valence-corrected chi connectivity index (χ4v) is 4.25. The number of carbonyl (C=O) groups is 1. The second-order valence-electron chi connectivity index (χ2n) is 8.42. The summed E-state index contributed by atoms with van der Waals surface area (Å²) in [5.41, 5.74) is 0.785. The fraction of sp³-hybridized carbons (Fsp3) is 0.591. The molecule has 2 aromatic rings. The second kappa shape index (κ2) is 7.32. The number of ether oxygens (including phenoxy) is 1. The molecule has 1 aliphatic heterocycles. The molecule has 5 rings (SSSR count). The molecule has 28 heavy (non-hydrogen) atoms. The lowest BCUT2D eigenvalue weighted by molar-refractivity contribution is -0.135. The van der Waals surface area contributed by atoms with E-state index in [1.54, 1.807) is 0 Å². The van der Waals surface area contributed by atoms with Gasteiger partial charge in [-0.25, -0.2) is 0 Å². The van der Waals surface area contributed by atoms with Gasteiger partial charge in [0.05, 0.1) is 12.0 Å². The number of amides is 1. The fourth-order valence-electron chi connectivity index (χ4n) is 4.25. The standard InChI is InChI=1S/C22H27N3O3/c26-21(22(11-12-22)17-5-2-1-3-6-17)25-13-4-7-18(25)20-23-19(24-28-20)10-14-27-15-16-8-9-16/h1-3,5-6,16,18H,4,7-15H2. The highest BCUT2D eigenvalue weighted by Crippen LogP contribution is 2.51. The van der Waals surface area contributed by atoms with Crippen molar-refractivity contribution in [2.24, 2.45) is 5.92 Å². The van der Waals surface area contributed by atoms with Gasteiger partial charge in [-0.15, -0.1) is 0 Å². The van der Waals surface area contributed by atoms with E-state index < -0.39 is 0 Å². The van der Waals surface area contributed by atoms with Crippen molar-refractivity contribution in [1.29, 1.82) is 0 Å². The summed E-state index contributed by atoms with van der Waals surface area (Å²) in [7, 11) is 0. The highest BCUT2D eigenvalue weighted by Gasteiger charge is 2.54. The predicted octanol–water partition coefficient (Wildman–Crippen LogP) is 3.43. The van der Waals surface area contributed by atoms with E-state index in [0.29, 0.717) is 24.7 Å². The number of rotatable bonds is 8. The highest BCUT2D eigenvalue weighted by molar-refractivity contribution is 5.91. The Labute approximate surface area is 165 Å². The van der Waals surface area contributed by atoms with Crippen molar-refractivity contribution in [1.82, 2.24) is 15.0 Å². The maximum Gasteiger partial charge on any atom is 0.249 e. The topological polar surface area (TPSA) is 68.5 Å². The molecule has 0 N–H and O–H groups in total. The van der Waals surface area contributed by atoms with Gasteiger partial charge in [-0.1, -0.05) is 35.5 Å². The molecule has 1 saturated heterocycles. The monoisotopic (exact) mass is 381 g/mol. The van der Waals surface area contributed by atoms with Crippen LogP contribution >= 0.6 is 0 Å². The molecule has 1 amide bonds. The Hall–Kier alpha value is -2.21. The lowest BCUT2D eigenvalue weighted by Crippen LogP contribution is -2.39. The largest absolute Gasteiger partial charge is 0.381 e. The van der Waals surface area contributed by atoms with Gasteiger partial charge in [-0.2, -0.15) is 4.98 Å². The Kier molecular flexibility index (Phi) is 4.67. The summed E-state index contributed by atoms with van der Waals surface area (Å²) in [6.45, 7) is 2.23. The number of benzene rings is 1. The first kappa shape index (κ1) is 17.9. The molecule has 0 radical (unpaired) electrons. The Bertz CT molecular complexity index is 827. The van der Waals surface area contributed by atoms with Gasteiger partial charge in [0.2, 0.25) is 11.8 Å². The number of hydrogen-bond acceptors (Lipinski definition) is 5. The zero-order chi connectivity index (χ0) is 19.0. The molecule has 2 saturated carbocycles. The van der Waals surface area contributed by atoms with Crippen LogP contribution in [0.15, 0.2) is 34.9 Å². The van der Waals surface area contributed by atoms with Gasteiger partial charge in [-0.3, -0.25) is 4.79 Å². The minimum absolute atomic E-state index is 0.0951. The molecule has 6 heteroatoms. The SMILES string of the molecule is O=C(N1CCCC1c1nc(CCOCC2CC2)no1)C1(c2ccccc2)CC1. The maximum absolute atomic E-state index is 13.4. The van der Waals surface area contributed by atoms with Crippen LogP contribution in [0.2, 0.25) is 0 Å². The molecule has 3 aliphatic rings. The van der Waals surface area contributed by atoms with E-state index in [-0.39, 0.29) is 17.4 Å². The zero-order valence-electron chi connectivity index (χ0n) is 16.2. The van der Waals surface area contributed by atoms with Crippen LogP contribution < -0.4 is 0 Å². The van der Waals surface area contributed by atoms with Crippen LogP contribution in [0.25, 0.3) is 0 Å². The van der Waals surface area contributed by atoms with Gasteiger partial charge >= 0.3 is 0 Å². The molecule has 0 bridgehead atoms. The Morgan fingerprint density at radius 2 is 2.04 bits per heavy atom. The molecular weight excluding hydrogens is 354 g/mol. The molecule has 2 aliphatic carbocycles. The summed E-state index contributed by atoms with van der Waals surface area (Å²) in [4.78, 5) is 20.0. The van der Waals surface area contributed by atoms with Crippen LogP contribution in [-0.4, -0.2) is 40.7 Å². The van der Waals surface area contributed by atoms with Crippen LogP contribution in [-0.2, 0) is 21.4 Å². The molecule has 6 nitrogen and oxygen atoms in total. The van der Waals surface area contributed by atoms with Crippen LogP contribution in [0.5, 0.6) is 0 Å². The van der Waals surface area contributed by atoms with E-state index in [0.717, 1.165) is 50.3 Å². The molecule has 2 heterocycles. The molecule has 1 aromatic heterocycles. The lowest BCUT2D eigenvalue weighted by Gasteiger charge is -2.27. The van der Waals surface area contributed by atoms with Crippen molar-refractivity contribution in [3.8, 4) is 0 Å². The van der Waals surface area contributed by atoms with Crippen LogP contribution in [0.1, 0.15) is 61.8 Å². The van der Waals surface area contributed by atoms with Crippen molar-refractivity contribution < 1.29 is 14.1 Å². The first-order valence-electron chi connectivity index (χ1n) is 10.5. The van der Waals surface area contributed by atoms with Gasteiger partial charge in [-0.05, 0) is 50.0 Å². The van der Waals surface area contributed by atoms with Gasteiger partial charge in [0, 0.05) is 19.6 Å². The average Bonchev–Trinajstić information content (AvgIpc) is 3.63. The predicted molar refractivity (Wildman–Crippen MR) is 103 cm³/mol. The summed E-state index contributed by atoms with van der Waals surface area (Å²) >= 11 is 0. The van der Waals surface area contributed by atoms with E-state index in [9.17, 15) is 4.79 Å². The molecule has 3 fully saturated rings. The van der Waals surface area contributed by atoms with Crippen molar-refractivity contribution in [2.75, 3.05) is 19.8 Å². The Morgan fingerprint density at radius 1 is 1.21 bits per heavy atom. The van der Waals surface area contributed by atoms with E-state index in [1.165, 1.54) is 12.8 Å². The second-order valence-corrected chi connectivity index (χ2v) is 8.42. The molecular formula is C22H27N3O3. The van der Waals surface area contributed by atoms with Gasteiger partial charge in [0.25, 0.3) is 0 Å². The van der Waals surface area contributed by atoms with Crippen molar-refractivity contribution in [2.45, 2.75) is 56.4 Å². The first-order valence-corrected chi connectivity index (χ1v) is 10.5. The van der Waals surface area contributed by atoms with Crippen LogP contribution in [0.3, 0.4) is 0 Å². The third-order valence-corrected chi connectivity index (χ3v) is 6.29. The highest BCUT2D eigenvalue weighted by atomic mass is 16.5. The number of aromatic nitrogens is 2. The molecule has 1 atom stereocenters. The maximum atomic E-state index is 13.4. The van der Waals surface area contributed by atoms with Crippen molar-refractivity contribution >= 4 is 5.91 Å². The van der Waals surface area contributed by atoms with Crippen LogP contribution in [0, 0.1) is 5.92 Å². The van der Waals surface area contributed by atoms with E-state index in [2.05, 4.69) is 22.3 Å². The normalized spacial score (nSPS) is 23.1. The minimum atomic E-state index is -0.344. The third kappa shape index (κ3) is 3.46. The molecule has 0 spiro atoms. The average molecular weight is 381 g/mol. The quantitative estimate of drug-likeness (QED) is 0.655. The third-order valence-electron chi connectivity index (χ3n) is 6.29. The lowest BCUT2D eigenvalue weighted by atomic mass is 9.94. The Balaban J connectivity index is 1.25. The molecule has 148 valence electrons. The summed E-state index contributed by atoms with van der Waals surface area (Å²) in [5.74, 6) is 2.23. The molecule has 1 unspecified atom stereocenters. The van der Waals surface area contributed by atoms with E-state index in [1.807, 2.05) is 23.1 Å². The summed E-state index contributed by atoms with van der Waals surface area (Å²) < 4.78 is 11.2. The summed E-state index contributed by atoms with van der Waals surface area (Å²) in [5, 5.41) is 4.12. The number of likely N-dealkylation sites (tertiary alicyclic amines) is 1. The molecule has 1 aromatic carbocycles. The van der Waals surface area contributed by atoms with E-state index in [4.69, 9.17) is 9.26 Å².